The summed E-state index contributed by atoms with van der Waals surface area (Å²) in [4.78, 5) is 7.63. The molecule has 2 heterocycles. The average Bonchev–Trinajstić information content (AvgIpc) is 2.47. The monoisotopic (exact) mass is 432 g/mol. The lowest BCUT2D eigenvalue weighted by Crippen LogP contribution is -2.11. The number of rotatable bonds is 3. The number of anilines is 2. The molecular formula is C14H18Br2N4O2. The lowest BCUT2D eigenvalue weighted by Gasteiger charge is -2.13. The number of aromatic nitrogens is 2. The number of nitrogens with zero attached hydrogens (tertiary/aromatic N) is 2. The number of halogens is 2. The molecule has 0 spiro atoms. The summed E-state index contributed by atoms with van der Waals surface area (Å²) < 4.78 is 7.15. The van der Waals surface area contributed by atoms with Crippen molar-refractivity contribution >= 4 is 43.5 Å². The molecule has 22 heavy (non-hydrogen) atoms. The van der Waals surface area contributed by atoms with Crippen LogP contribution in [-0.2, 0) is 0 Å². The maximum atomic E-state index is 8.88. The quantitative estimate of drug-likeness (QED) is 0.680. The molecule has 6 nitrogen and oxygen atoms in total. The number of aromatic hydroxyl groups is 1. The molecule has 2 aromatic heterocycles. The lowest BCUT2D eigenvalue weighted by molar-refractivity contribution is 0.218. The van der Waals surface area contributed by atoms with Crippen molar-refractivity contribution in [2.45, 2.75) is 26.4 Å². The zero-order valence-corrected chi connectivity index (χ0v) is 15.4. The van der Waals surface area contributed by atoms with Crippen LogP contribution < -0.4 is 16.2 Å². The van der Waals surface area contributed by atoms with E-state index in [4.69, 9.17) is 21.3 Å². The van der Waals surface area contributed by atoms with Crippen LogP contribution in [0.5, 0.6) is 11.5 Å². The van der Waals surface area contributed by atoms with Gasteiger partial charge in [0, 0.05) is 21.3 Å². The van der Waals surface area contributed by atoms with Gasteiger partial charge in [-0.15, -0.1) is 0 Å². The van der Waals surface area contributed by atoms with Gasteiger partial charge in [0.25, 0.3) is 0 Å². The van der Waals surface area contributed by atoms with E-state index in [1.165, 1.54) is 12.3 Å². The van der Waals surface area contributed by atoms with E-state index in [1.807, 2.05) is 13.0 Å². The normalized spacial score (nSPS) is 11.3. The highest BCUT2D eigenvalue weighted by Gasteiger charge is 2.06. The van der Waals surface area contributed by atoms with Gasteiger partial charge in [0.15, 0.2) is 23.1 Å². The first-order valence-electron chi connectivity index (χ1n) is 6.51. The van der Waals surface area contributed by atoms with E-state index in [1.54, 1.807) is 6.20 Å². The van der Waals surface area contributed by atoms with E-state index in [9.17, 15) is 0 Å². The first-order valence-corrected chi connectivity index (χ1v) is 8.09. The maximum absolute atomic E-state index is 8.88. The first kappa shape index (κ1) is 18.5. The van der Waals surface area contributed by atoms with Crippen LogP contribution in [0.15, 0.2) is 33.5 Å². The minimum atomic E-state index is 0.00405. The van der Waals surface area contributed by atoms with Crippen LogP contribution in [0.2, 0.25) is 0 Å². The molecule has 0 saturated heterocycles. The molecule has 0 aromatic carbocycles. The van der Waals surface area contributed by atoms with Crippen molar-refractivity contribution in [2.75, 3.05) is 11.5 Å². The SMILES string of the molecule is CCC(C)Oc1cc(Br)cnc1N.Nc1ncc(Br)cc1O. The fourth-order valence-electron chi connectivity index (χ4n) is 1.26. The van der Waals surface area contributed by atoms with Gasteiger partial charge < -0.3 is 21.3 Å². The Hall–Kier alpha value is -1.54. The summed E-state index contributed by atoms with van der Waals surface area (Å²) in [5.41, 5.74) is 10.8. The van der Waals surface area contributed by atoms with Crippen LogP contribution in [0, 0.1) is 0 Å². The highest BCUT2D eigenvalue weighted by molar-refractivity contribution is 9.10. The first-order chi connectivity index (χ1) is 10.3. The highest BCUT2D eigenvalue weighted by atomic mass is 79.9. The third-order valence-corrected chi connectivity index (χ3v) is 3.48. The summed E-state index contributed by atoms with van der Waals surface area (Å²) in [6.07, 6.45) is 4.29. The predicted molar refractivity (Wildman–Crippen MR) is 94.7 cm³/mol. The van der Waals surface area contributed by atoms with Crippen LogP contribution in [0.3, 0.4) is 0 Å². The third kappa shape index (κ3) is 6.07. The second kappa shape index (κ2) is 8.79. The fourth-order valence-corrected chi connectivity index (χ4v) is 1.89. The average molecular weight is 434 g/mol. The summed E-state index contributed by atoms with van der Waals surface area (Å²) >= 11 is 6.43. The highest BCUT2D eigenvalue weighted by Crippen LogP contribution is 2.24. The number of pyridine rings is 2. The summed E-state index contributed by atoms with van der Waals surface area (Å²) in [7, 11) is 0. The van der Waals surface area contributed by atoms with Crippen molar-refractivity contribution in [1.82, 2.24) is 9.97 Å². The zero-order valence-electron chi connectivity index (χ0n) is 12.3. The van der Waals surface area contributed by atoms with Gasteiger partial charge in [-0.25, -0.2) is 9.97 Å². The van der Waals surface area contributed by atoms with Gasteiger partial charge in [0.1, 0.15) is 0 Å². The van der Waals surface area contributed by atoms with Crippen LogP contribution in [0.1, 0.15) is 20.3 Å². The fraction of sp³-hybridized carbons (Fsp3) is 0.286. The molecule has 0 aliphatic carbocycles. The number of hydrogen-bond donors (Lipinski definition) is 3. The Bertz CT molecular complexity index is 626. The molecule has 5 N–H and O–H groups in total. The van der Waals surface area contributed by atoms with E-state index >= 15 is 0 Å². The van der Waals surface area contributed by atoms with E-state index in [0.29, 0.717) is 16.0 Å². The molecule has 0 saturated carbocycles. The second-order valence-electron chi connectivity index (χ2n) is 4.43. The second-order valence-corrected chi connectivity index (χ2v) is 6.26. The molecule has 1 atom stereocenters. The Kier molecular flexibility index (Phi) is 7.40. The van der Waals surface area contributed by atoms with Crippen molar-refractivity contribution in [3.63, 3.8) is 0 Å². The van der Waals surface area contributed by atoms with Crippen LogP contribution in [-0.4, -0.2) is 21.2 Å². The molecule has 0 radical (unpaired) electrons. The van der Waals surface area contributed by atoms with E-state index in [-0.39, 0.29) is 17.7 Å². The molecule has 8 heteroatoms. The number of nitrogens with two attached hydrogens (primary N) is 2. The van der Waals surface area contributed by atoms with Gasteiger partial charge in [0.05, 0.1) is 6.10 Å². The van der Waals surface area contributed by atoms with E-state index in [0.717, 1.165) is 10.9 Å². The molecule has 2 aromatic rings. The van der Waals surface area contributed by atoms with Gasteiger partial charge in [-0.3, -0.25) is 0 Å². The van der Waals surface area contributed by atoms with Crippen LogP contribution >= 0.6 is 31.9 Å². The molecule has 120 valence electrons. The largest absolute Gasteiger partial charge is 0.504 e. The summed E-state index contributed by atoms with van der Waals surface area (Å²) in [5, 5.41) is 8.88. The molecular weight excluding hydrogens is 416 g/mol. The Balaban J connectivity index is 0.000000235. The Morgan fingerprint density at radius 2 is 1.68 bits per heavy atom. The Morgan fingerprint density at radius 3 is 2.18 bits per heavy atom. The van der Waals surface area contributed by atoms with Gasteiger partial charge >= 0.3 is 0 Å². The van der Waals surface area contributed by atoms with Crippen LogP contribution in [0.4, 0.5) is 11.6 Å². The number of ether oxygens (including phenoxy) is 1. The van der Waals surface area contributed by atoms with Gasteiger partial charge in [-0.2, -0.15) is 0 Å². The molecule has 1 unspecified atom stereocenters. The lowest BCUT2D eigenvalue weighted by atomic mass is 10.3. The van der Waals surface area contributed by atoms with E-state index in [2.05, 4.69) is 48.8 Å². The Morgan fingerprint density at radius 1 is 1.14 bits per heavy atom. The molecule has 0 fully saturated rings. The predicted octanol–water partition coefficient (Wildman–Crippen LogP) is 3.74. The molecule has 0 aliphatic rings. The Labute approximate surface area is 146 Å². The summed E-state index contributed by atoms with van der Waals surface area (Å²) in [6, 6.07) is 3.32. The minimum absolute atomic E-state index is 0.00405. The molecule has 0 amide bonds. The van der Waals surface area contributed by atoms with Crippen LogP contribution in [0.25, 0.3) is 0 Å². The van der Waals surface area contributed by atoms with Crippen molar-refractivity contribution in [3.05, 3.63) is 33.5 Å². The molecule has 0 bridgehead atoms. The third-order valence-electron chi connectivity index (χ3n) is 2.62. The summed E-state index contributed by atoms with van der Waals surface area (Å²) in [5.74, 6) is 1.23. The minimum Gasteiger partial charge on any atom is -0.504 e. The van der Waals surface area contributed by atoms with Gasteiger partial charge in [0.2, 0.25) is 0 Å². The molecule has 2 rings (SSSR count). The van der Waals surface area contributed by atoms with E-state index < -0.39 is 0 Å². The van der Waals surface area contributed by atoms with Gasteiger partial charge in [-0.05, 0) is 57.3 Å². The maximum Gasteiger partial charge on any atom is 0.166 e. The molecule has 0 aliphatic heterocycles. The number of hydrogen-bond acceptors (Lipinski definition) is 6. The van der Waals surface area contributed by atoms with Crippen molar-refractivity contribution in [2.24, 2.45) is 0 Å². The standard InChI is InChI=1S/C9H13BrN2O.C5H5BrN2O/c1-3-6(2)13-8-4-7(10)5-12-9(8)11;6-3-1-4(9)5(7)8-2-3/h4-6H,3H2,1-2H3,(H2,11,12);1-2,9H,(H2,7,8). The van der Waals surface area contributed by atoms with Crippen molar-refractivity contribution in [3.8, 4) is 11.5 Å². The topological polar surface area (TPSA) is 107 Å². The number of nitrogen functional groups attached to an aromatic ring is 2. The van der Waals surface area contributed by atoms with Crippen molar-refractivity contribution < 1.29 is 9.84 Å². The zero-order chi connectivity index (χ0) is 16.7. The summed E-state index contributed by atoms with van der Waals surface area (Å²) in [6.45, 7) is 4.06. The van der Waals surface area contributed by atoms with Crippen molar-refractivity contribution in [1.29, 1.82) is 0 Å². The van der Waals surface area contributed by atoms with Gasteiger partial charge in [-0.1, -0.05) is 6.92 Å². The smallest absolute Gasteiger partial charge is 0.166 e.